The molecule has 1 rings (SSSR count). The van der Waals surface area contributed by atoms with Crippen LogP contribution >= 0.6 is 0 Å². The number of rotatable bonds is 5. The van der Waals surface area contributed by atoms with Crippen LogP contribution < -0.4 is 10.9 Å². The Kier molecular flexibility index (Phi) is 4.72. The van der Waals surface area contributed by atoms with E-state index < -0.39 is 0 Å². The number of carbonyl (C=O) groups is 1. The molecule has 0 saturated heterocycles. The maximum Gasteiger partial charge on any atom is 0.251 e. The number of carbonyl (C=O) groups excluding carboxylic acids is 1. The Labute approximate surface area is 93.8 Å². The standard InChI is InChI=1S/C11H16N2O3/c1-3-16-8(2)7-13-11(15)9-4-5-12-10(14)6-9/h4-6,8H,3,7H2,1-2H3,(H,12,14)(H,13,15). The number of aromatic amines is 1. The van der Waals surface area contributed by atoms with Crippen molar-refractivity contribution in [1.82, 2.24) is 10.3 Å². The third kappa shape index (κ3) is 3.86. The molecule has 0 aliphatic carbocycles. The van der Waals surface area contributed by atoms with Crippen LogP contribution in [-0.4, -0.2) is 30.1 Å². The van der Waals surface area contributed by atoms with Crippen molar-refractivity contribution < 1.29 is 9.53 Å². The van der Waals surface area contributed by atoms with E-state index in [9.17, 15) is 9.59 Å². The fourth-order valence-electron chi connectivity index (χ4n) is 1.27. The predicted molar refractivity (Wildman–Crippen MR) is 60.5 cm³/mol. The highest BCUT2D eigenvalue weighted by Gasteiger charge is 2.07. The molecule has 1 aromatic heterocycles. The van der Waals surface area contributed by atoms with Crippen LogP contribution in [0.25, 0.3) is 0 Å². The molecule has 0 radical (unpaired) electrons. The minimum Gasteiger partial charge on any atom is -0.377 e. The first-order chi connectivity index (χ1) is 7.63. The normalized spacial score (nSPS) is 12.1. The Bertz CT molecular complexity index is 400. The van der Waals surface area contributed by atoms with Crippen LogP contribution in [0.3, 0.4) is 0 Å². The number of hydrogen-bond donors (Lipinski definition) is 2. The largest absolute Gasteiger partial charge is 0.377 e. The van der Waals surface area contributed by atoms with Gasteiger partial charge < -0.3 is 15.0 Å². The number of amides is 1. The highest BCUT2D eigenvalue weighted by atomic mass is 16.5. The fourth-order valence-corrected chi connectivity index (χ4v) is 1.27. The lowest BCUT2D eigenvalue weighted by Crippen LogP contribution is -2.32. The molecular formula is C11H16N2O3. The fraction of sp³-hybridized carbons (Fsp3) is 0.455. The molecule has 1 atom stereocenters. The summed E-state index contributed by atoms with van der Waals surface area (Å²) in [5, 5.41) is 2.69. The summed E-state index contributed by atoms with van der Waals surface area (Å²) in [6.07, 6.45) is 1.42. The van der Waals surface area contributed by atoms with Gasteiger partial charge in [-0.05, 0) is 19.9 Å². The molecule has 2 N–H and O–H groups in total. The molecule has 1 unspecified atom stereocenters. The second-order valence-corrected chi connectivity index (χ2v) is 3.42. The van der Waals surface area contributed by atoms with Crippen molar-refractivity contribution in [3.63, 3.8) is 0 Å². The predicted octanol–water partition coefficient (Wildman–Crippen LogP) is 0.530. The van der Waals surface area contributed by atoms with Crippen molar-refractivity contribution in [1.29, 1.82) is 0 Å². The summed E-state index contributed by atoms with van der Waals surface area (Å²) in [5.74, 6) is -0.266. The Morgan fingerprint density at radius 3 is 3.00 bits per heavy atom. The minimum absolute atomic E-state index is 0.0315. The summed E-state index contributed by atoms with van der Waals surface area (Å²) in [6, 6.07) is 2.82. The van der Waals surface area contributed by atoms with Crippen LogP contribution in [0.2, 0.25) is 0 Å². The number of H-pyrrole nitrogens is 1. The first-order valence-electron chi connectivity index (χ1n) is 5.22. The Balaban J connectivity index is 2.50. The summed E-state index contributed by atoms with van der Waals surface area (Å²) in [7, 11) is 0. The van der Waals surface area contributed by atoms with Crippen molar-refractivity contribution >= 4 is 5.91 Å². The number of ether oxygens (including phenoxy) is 1. The molecule has 1 amide bonds. The zero-order chi connectivity index (χ0) is 12.0. The summed E-state index contributed by atoms with van der Waals surface area (Å²) < 4.78 is 5.27. The number of nitrogens with one attached hydrogen (secondary N) is 2. The molecule has 0 aliphatic rings. The third-order valence-corrected chi connectivity index (χ3v) is 2.04. The molecule has 16 heavy (non-hydrogen) atoms. The van der Waals surface area contributed by atoms with E-state index >= 15 is 0 Å². The van der Waals surface area contributed by atoms with Gasteiger partial charge in [0.1, 0.15) is 0 Å². The smallest absolute Gasteiger partial charge is 0.251 e. The first kappa shape index (κ1) is 12.4. The minimum atomic E-state index is -0.287. The average Bonchev–Trinajstić information content (AvgIpc) is 2.26. The molecule has 0 fully saturated rings. The van der Waals surface area contributed by atoms with Gasteiger partial charge in [-0.2, -0.15) is 0 Å². The molecule has 0 bridgehead atoms. The number of aromatic nitrogens is 1. The molecule has 5 heteroatoms. The monoisotopic (exact) mass is 224 g/mol. The Morgan fingerprint density at radius 1 is 1.62 bits per heavy atom. The quantitative estimate of drug-likeness (QED) is 0.766. The summed E-state index contributed by atoms with van der Waals surface area (Å²) in [5.41, 5.74) is 0.0676. The van der Waals surface area contributed by atoms with Crippen LogP contribution in [-0.2, 0) is 4.74 Å². The van der Waals surface area contributed by atoms with Crippen molar-refractivity contribution in [2.45, 2.75) is 20.0 Å². The molecule has 0 aliphatic heterocycles. The second-order valence-electron chi connectivity index (χ2n) is 3.42. The first-order valence-corrected chi connectivity index (χ1v) is 5.22. The molecule has 0 saturated carbocycles. The summed E-state index contributed by atoms with van der Waals surface area (Å²) in [6.45, 7) is 4.82. The van der Waals surface area contributed by atoms with E-state index in [2.05, 4.69) is 10.3 Å². The maximum atomic E-state index is 11.6. The lowest BCUT2D eigenvalue weighted by Gasteiger charge is -2.12. The van der Waals surface area contributed by atoms with Gasteiger partial charge in [0.2, 0.25) is 5.56 Å². The van der Waals surface area contributed by atoms with Gasteiger partial charge in [0, 0.05) is 31.0 Å². The van der Waals surface area contributed by atoms with Gasteiger partial charge in [-0.1, -0.05) is 0 Å². The molecule has 0 spiro atoms. The molecule has 5 nitrogen and oxygen atoms in total. The molecule has 1 heterocycles. The van der Waals surface area contributed by atoms with Crippen molar-refractivity contribution in [3.05, 3.63) is 34.2 Å². The highest BCUT2D eigenvalue weighted by molar-refractivity contribution is 5.93. The van der Waals surface area contributed by atoms with Crippen LogP contribution in [0.4, 0.5) is 0 Å². The van der Waals surface area contributed by atoms with E-state index in [-0.39, 0.29) is 17.6 Å². The van der Waals surface area contributed by atoms with Crippen LogP contribution in [0.15, 0.2) is 23.1 Å². The third-order valence-electron chi connectivity index (χ3n) is 2.04. The van der Waals surface area contributed by atoms with Gasteiger partial charge in [0.15, 0.2) is 0 Å². The van der Waals surface area contributed by atoms with Gasteiger partial charge in [-0.15, -0.1) is 0 Å². The SMILES string of the molecule is CCOC(C)CNC(=O)c1cc[nH]c(=O)c1. The lowest BCUT2D eigenvalue weighted by atomic mass is 10.2. The summed E-state index contributed by atoms with van der Waals surface area (Å²) >= 11 is 0. The van der Waals surface area contributed by atoms with E-state index in [0.717, 1.165) is 0 Å². The summed E-state index contributed by atoms with van der Waals surface area (Å²) in [4.78, 5) is 25.0. The molecule has 1 aromatic rings. The molecule has 0 aromatic carbocycles. The van der Waals surface area contributed by atoms with E-state index in [1.807, 2.05) is 13.8 Å². The lowest BCUT2D eigenvalue weighted by molar-refractivity contribution is 0.0695. The van der Waals surface area contributed by atoms with E-state index in [0.29, 0.717) is 18.7 Å². The van der Waals surface area contributed by atoms with Crippen LogP contribution in [0.1, 0.15) is 24.2 Å². The van der Waals surface area contributed by atoms with E-state index in [1.165, 1.54) is 12.3 Å². The Hall–Kier alpha value is -1.62. The van der Waals surface area contributed by atoms with Gasteiger partial charge in [0.25, 0.3) is 5.91 Å². The topological polar surface area (TPSA) is 71.2 Å². The van der Waals surface area contributed by atoms with E-state index in [1.54, 1.807) is 6.07 Å². The Morgan fingerprint density at radius 2 is 2.38 bits per heavy atom. The van der Waals surface area contributed by atoms with Gasteiger partial charge in [-0.25, -0.2) is 0 Å². The number of pyridine rings is 1. The average molecular weight is 224 g/mol. The van der Waals surface area contributed by atoms with Crippen LogP contribution in [0.5, 0.6) is 0 Å². The molecule has 88 valence electrons. The van der Waals surface area contributed by atoms with Gasteiger partial charge >= 0.3 is 0 Å². The van der Waals surface area contributed by atoms with Gasteiger partial charge in [-0.3, -0.25) is 9.59 Å². The van der Waals surface area contributed by atoms with Crippen LogP contribution in [0, 0.1) is 0 Å². The number of hydrogen-bond acceptors (Lipinski definition) is 3. The van der Waals surface area contributed by atoms with Gasteiger partial charge in [0.05, 0.1) is 6.10 Å². The zero-order valence-electron chi connectivity index (χ0n) is 9.45. The maximum absolute atomic E-state index is 11.6. The molecular weight excluding hydrogens is 208 g/mol. The van der Waals surface area contributed by atoms with Crippen molar-refractivity contribution in [2.75, 3.05) is 13.2 Å². The highest BCUT2D eigenvalue weighted by Crippen LogP contribution is 1.94. The van der Waals surface area contributed by atoms with Crippen molar-refractivity contribution in [3.8, 4) is 0 Å². The van der Waals surface area contributed by atoms with Crippen molar-refractivity contribution in [2.24, 2.45) is 0 Å². The van der Waals surface area contributed by atoms with E-state index in [4.69, 9.17) is 4.74 Å². The zero-order valence-corrected chi connectivity index (χ0v) is 9.45. The second kappa shape index (κ2) is 6.07.